The van der Waals surface area contributed by atoms with Crippen LogP contribution in [0.3, 0.4) is 0 Å². The highest BCUT2D eigenvalue weighted by Gasteiger charge is 2.33. The van der Waals surface area contributed by atoms with Crippen molar-refractivity contribution >= 4 is 5.97 Å². The fourth-order valence-corrected chi connectivity index (χ4v) is 1.63. The molecule has 17 heavy (non-hydrogen) atoms. The van der Waals surface area contributed by atoms with Crippen molar-refractivity contribution in [1.29, 1.82) is 0 Å². The average Bonchev–Trinajstić information content (AvgIpc) is 2.30. The molecule has 0 bridgehead atoms. The van der Waals surface area contributed by atoms with Crippen LogP contribution in [0.4, 0.5) is 0 Å². The Morgan fingerprint density at radius 3 is 2.41 bits per heavy atom. The fourth-order valence-electron chi connectivity index (χ4n) is 1.63. The summed E-state index contributed by atoms with van der Waals surface area (Å²) >= 11 is 0. The normalized spacial score (nSPS) is 14.5. The molecule has 0 amide bonds. The van der Waals surface area contributed by atoms with E-state index in [0.29, 0.717) is 19.6 Å². The Bertz CT molecular complexity index is 192. The van der Waals surface area contributed by atoms with Crippen LogP contribution in [0.5, 0.6) is 0 Å². The number of carboxylic acid groups (broad SMARTS) is 1. The van der Waals surface area contributed by atoms with E-state index in [-0.39, 0.29) is 0 Å². The van der Waals surface area contributed by atoms with Crippen molar-refractivity contribution in [3.8, 4) is 0 Å². The summed E-state index contributed by atoms with van der Waals surface area (Å²) in [5.74, 6) is -0.869. The van der Waals surface area contributed by atoms with Gasteiger partial charge in [-0.15, -0.1) is 0 Å². The summed E-state index contributed by atoms with van der Waals surface area (Å²) in [7, 11) is 1.63. The van der Waals surface area contributed by atoms with Gasteiger partial charge in [0.05, 0.1) is 6.61 Å². The lowest BCUT2D eigenvalue weighted by molar-refractivity contribution is -0.165. The van der Waals surface area contributed by atoms with E-state index in [4.69, 9.17) is 9.47 Å². The van der Waals surface area contributed by atoms with Crippen LogP contribution in [0.25, 0.3) is 0 Å². The van der Waals surface area contributed by atoms with Gasteiger partial charge in [0.25, 0.3) is 0 Å². The molecule has 1 atom stereocenters. The summed E-state index contributed by atoms with van der Waals surface area (Å²) in [6.07, 6.45) is 5.59. The van der Waals surface area contributed by atoms with Crippen molar-refractivity contribution < 1.29 is 19.4 Å². The summed E-state index contributed by atoms with van der Waals surface area (Å²) in [6, 6.07) is 0. The molecule has 0 aliphatic rings. The van der Waals surface area contributed by atoms with Gasteiger partial charge in [-0.2, -0.15) is 0 Å². The van der Waals surface area contributed by atoms with Crippen LogP contribution in [-0.4, -0.2) is 37.0 Å². The number of rotatable bonds is 11. The third-order valence-electron chi connectivity index (χ3n) is 2.87. The van der Waals surface area contributed by atoms with Gasteiger partial charge in [-0.05, 0) is 26.2 Å². The molecule has 1 N–H and O–H groups in total. The maximum absolute atomic E-state index is 11.2. The van der Waals surface area contributed by atoms with Crippen molar-refractivity contribution in [2.45, 2.75) is 58.0 Å². The molecule has 102 valence electrons. The number of unbranched alkanes of at least 4 members (excludes halogenated alkanes) is 3. The van der Waals surface area contributed by atoms with Crippen molar-refractivity contribution in [1.82, 2.24) is 0 Å². The van der Waals surface area contributed by atoms with Gasteiger partial charge in [0.1, 0.15) is 0 Å². The van der Waals surface area contributed by atoms with Crippen LogP contribution in [-0.2, 0) is 14.3 Å². The molecule has 0 aromatic carbocycles. The topological polar surface area (TPSA) is 55.8 Å². The van der Waals surface area contributed by atoms with Crippen LogP contribution in [0.15, 0.2) is 0 Å². The highest BCUT2D eigenvalue weighted by Crippen LogP contribution is 2.20. The molecule has 0 saturated carbocycles. The Kier molecular flexibility index (Phi) is 9.09. The summed E-state index contributed by atoms with van der Waals surface area (Å²) in [5, 5.41) is 9.19. The molecule has 0 aliphatic carbocycles. The zero-order valence-corrected chi connectivity index (χ0v) is 11.3. The Balaban J connectivity index is 3.94. The van der Waals surface area contributed by atoms with Crippen LogP contribution in [0, 0.1) is 0 Å². The third kappa shape index (κ3) is 7.34. The Hall–Kier alpha value is -0.610. The minimum Gasteiger partial charge on any atom is -0.479 e. The molecule has 0 fully saturated rings. The first-order valence-electron chi connectivity index (χ1n) is 6.43. The zero-order valence-electron chi connectivity index (χ0n) is 11.3. The van der Waals surface area contributed by atoms with Crippen molar-refractivity contribution in [2.24, 2.45) is 0 Å². The lowest BCUT2D eigenvalue weighted by Crippen LogP contribution is -2.38. The van der Waals surface area contributed by atoms with Gasteiger partial charge in [-0.1, -0.05) is 26.2 Å². The maximum atomic E-state index is 11.2. The largest absolute Gasteiger partial charge is 0.479 e. The van der Waals surface area contributed by atoms with Crippen molar-refractivity contribution in [3.63, 3.8) is 0 Å². The molecule has 4 nitrogen and oxygen atoms in total. The first-order valence-corrected chi connectivity index (χ1v) is 6.43. The second kappa shape index (κ2) is 9.42. The Morgan fingerprint density at radius 2 is 1.88 bits per heavy atom. The van der Waals surface area contributed by atoms with E-state index in [0.717, 1.165) is 32.1 Å². The smallest absolute Gasteiger partial charge is 0.335 e. The summed E-state index contributed by atoms with van der Waals surface area (Å²) in [5.41, 5.74) is -1.04. The van der Waals surface area contributed by atoms with Crippen LogP contribution >= 0.6 is 0 Å². The maximum Gasteiger partial charge on any atom is 0.335 e. The van der Waals surface area contributed by atoms with E-state index in [1.807, 2.05) is 0 Å². The molecule has 1 unspecified atom stereocenters. The molecular formula is C13H26O4. The Labute approximate surface area is 104 Å². The van der Waals surface area contributed by atoms with E-state index in [2.05, 4.69) is 6.92 Å². The SMILES string of the molecule is CCCCCCC(C)(OCCCOC)C(=O)O. The predicted molar refractivity (Wildman–Crippen MR) is 67.2 cm³/mol. The highest BCUT2D eigenvalue weighted by atomic mass is 16.5. The third-order valence-corrected chi connectivity index (χ3v) is 2.87. The molecule has 0 saturated heterocycles. The van der Waals surface area contributed by atoms with Gasteiger partial charge in [0, 0.05) is 13.7 Å². The first kappa shape index (κ1) is 16.4. The average molecular weight is 246 g/mol. The summed E-state index contributed by atoms with van der Waals surface area (Å²) in [4.78, 5) is 11.2. The standard InChI is InChI=1S/C13H26O4/c1-4-5-6-7-9-13(2,12(14)15)17-11-8-10-16-3/h4-11H2,1-3H3,(H,14,15). The number of ether oxygens (including phenoxy) is 2. The Morgan fingerprint density at radius 1 is 1.18 bits per heavy atom. The molecule has 0 aromatic rings. The number of hydrogen-bond donors (Lipinski definition) is 1. The van der Waals surface area contributed by atoms with E-state index >= 15 is 0 Å². The van der Waals surface area contributed by atoms with E-state index in [1.54, 1.807) is 14.0 Å². The molecule has 0 aliphatic heterocycles. The molecule has 0 radical (unpaired) electrons. The molecule has 0 spiro atoms. The zero-order chi connectivity index (χ0) is 13.1. The van der Waals surface area contributed by atoms with Gasteiger partial charge in [0.2, 0.25) is 0 Å². The van der Waals surface area contributed by atoms with Crippen molar-refractivity contribution in [3.05, 3.63) is 0 Å². The van der Waals surface area contributed by atoms with Gasteiger partial charge in [0.15, 0.2) is 5.60 Å². The lowest BCUT2D eigenvalue weighted by atomic mass is 9.98. The quantitative estimate of drug-likeness (QED) is 0.569. The minimum absolute atomic E-state index is 0.435. The molecular weight excluding hydrogens is 220 g/mol. The second-order valence-corrected chi connectivity index (χ2v) is 4.54. The first-order chi connectivity index (χ1) is 8.06. The number of hydrogen-bond acceptors (Lipinski definition) is 3. The predicted octanol–water partition coefficient (Wildman–Crippen LogP) is 2.85. The molecule has 0 aromatic heterocycles. The van der Waals surface area contributed by atoms with E-state index < -0.39 is 11.6 Å². The van der Waals surface area contributed by atoms with E-state index in [1.165, 1.54) is 0 Å². The van der Waals surface area contributed by atoms with Gasteiger partial charge >= 0.3 is 5.97 Å². The van der Waals surface area contributed by atoms with Crippen LogP contribution < -0.4 is 0 Å². The van der Waals surface area contributed by atoms with Gasteiger partial charge < -0.3 is 14.6 Å². The highest BCUT2D eigenvalue weighted by molar-refractivity contribution is 5.76. The number of aliphatic carboxylic acids is 1. The second-order valence-electron chi connectivity index (χ2n) is 4.54. The minimum atomic E-state index is -1.04. The fraction of sp³-hybridized carbons (Fsp3) is 0.923. The summed E-state index contributed by atoms with van der Waals surface area (Å²) in [6.45, 7) is 4.83. The number of carboxylic acids is 1. The monoisotopic (exact) mass is 246 g/mol. The number of methoxy groups -OCH3 is 1. The van der Waals surface area contributed by atoms with Crippen molar-refractivity contribution in [2.75, 3.05) is 20.3 Å². The van der Waals surface area contributed by atoms with E-state index in [9.17, 15) is 9.90 Å². The van der Waals surface area contributed by atoms with Crippen LogP contribution in [0.2, 0.25) is 0 Å². The molecule has 0 heterocycles. The molecule has 0 rings (SSSR count). The lowest BCUT2D eigenvalue weighted by Gasteiger charge is -2.25. The summed E-state index contributed by atoms with van der Waals surface area (Å²) < 4.78 is 10.4. The van der Waals surface area contributed by atoms with Gasteiger partial charge in [-0.25, -0.2) is 4.79 Å². The number of carbonyl (C=O) groups is 1. The van der Waals surface area contributed by atoms with Gasteiger partial charge in [-0.3, -0.25) is 0 Å². The van der Waals surface area contributed by atoms with Crippen LogP contribution in [0.1, 0.15) is 52.4 Å². The molecule has 4 heteroatoms.